The van der Waals surface area contributed by atoms with E-state index in [0.717, 1.165) is 6.42 Å². The minimum Gasteiger partial charge on any atom is -0.260 e. The van der Waals surface area contributed by atoms with Crippen molar-refractivity contribution in [1.82, 2.24) is 9.97 Å². The average molecular weight is 202 g/mol. The predicted molar refractivity (Wildman–Crippen MR) is 56.5 cm³/mol. The molecule has 2 heterocycles. The molecule has 0 amide bonds. The van der Waals surface area contributed by atoms with E-state index in [-0.39, 0.29) is 0 Å². The summed E-state index contributed by atoms with van der Waals surface area (Å²) in [5, 5.41) is 3.25. The Morgan fingerprint density at radius 3 is 3.14 bits per heavy atom. The fourth-order valence-electron chi connectivity index (χ4n) is 2.06. The molecule has 2 nitrogen and oxygen atoms in total. The quantitative estimate of drug-likeness (QED) is 0.710. The van der Waals surface area contributed by atoms with Gasteiger partial charge < -0.3 is 0 Å². The Balaban J connectivity index is 2.06. The van der Waals surface area contributed by atoms with E-state index in [1.165, 1.54) is 22.7 Å². The summed E-state index contributed by atoms with van der Waals surface area (Å²) < 4.78 is 0. The lowest BCUT2D eigenvalue weighted by molar-refractivity contribution is 0.765. The zero-order valence-electron chi connectivity index (χ0n) is 7.68. The van der Waals surface area contributed by atoms with E-state index in [1.807, 2.05) is 23.8 Å². The number of pyridine rings is 1. The maximum Gasteiger partial charge on any atom is 0.102 e. The molecule has 3 rings (SSSR count). The molecule has 3 heteroatoms. The van der Waals surface area contributed by atoms with Crippen molar-refractivity contribution in [2.24, 2.45) is 0 Å². The van der Waals surface area contributed by atoms with Crippen LogP contribution in [0.25, 0.3) is 0 Å². The van der Waals surface area contributed by atoms with Crippen LogP contribution in [0, 0.1) is 0 Å². The van der Waals surface area contributed by atoms with Crippen LogP contribution in [0.5, 0.6) is 0 Å². The Bertz CT molecular complexity index is 436. The Morgan fingerprint density at radius 2 is 2.29 bits per heavy atom. The van der Waals surface area contributed by atoms with E-state index >= 15 is 0 Å². The molecule has 70 valence electrons. The van der Waals surface area contributed by atoms with Gasteiger partial charge in [0, 0.05) is 17.8 Å². The van der Waals surface area contributed by atoms with Gasteiger partial charge in [0.1, 0.15) is 5.01 Å². The van der Waals surface area contributed by atoms with Crippen molar-refractivity contribution in [2.45, 2.75) is 18.8 Å². The molecule has 0 saturated heterocycles. The highest BCUT2D eigenvalue weighted by atomic mass is 32.1. The van der Waals surface area contributed by atoms with Crippen LogP contribution >= 0.6 is 11.3 Å². The van der Waals surface area contributed by atoms with Crippen molar-refractivity contribution in [3.05, 3.63) is 46.2 Å². The van der Waals surface area contributed by atoms with Crippen LogP contribution in [-0.4, -0.2) is 9.97 Å². The molecule has 0 fully saturated rings. The highest BCUT2D eigenvalue weighted by Gasteiger charge is 2.26. The van der Waals surface area contributed by atoms with E-state index in [0.29, 0.717) is 5.92 Å². The molecule has 1 atom stereocenters. The summed E-state index contributed by atoms with van der Waals surface area (Å²) in [6, 6.07) is 4.19. The number of nitrogens with zero attached hydrogens (tertiary/aromatic N) is 2. The number of thiazole rings is 1. The second-order valence-electron chi connectivity index (χ2n) is 3.51. The van der Waals surface area contributed by atoms with Crippen LogP contribution in [0.3, 0.4) is 0 Å². The van der Waals surface area contributed by atoms with Gasteiger partial charge in [-0.15, -0.1) is 11.3 Å². The molecule has 2 aromatic heterocycles. The summed E-state index contributed by atoms with van der Waals surface area (Å²) in [6.07, 6.45) is 6.07. The molecule has 1 aliphatic carbocycles. The Hall–Kier alpha value is -1.22. The first-order valence-electron chi connectivity index (χ1n) is 4.78. The Kier molecular flexibility index (Phi) is 1.84. The molecule has 0 saturated carbocycles. The van der Waals surface area contributed by atoms with Crippen molar-refractivity contribution in [2.75, 3.05) is 0 Å². The zero-order chi connectivity index (χ0) is 9.38. The lowest BCUT2D eigenvalue weighted by atomic mass is 10.1. The predicted octanol–water partition coefficient (Wildman–Crippen LogP) is 2.62. The van der Waals surface area contributed by atoms with E-state index in [2.05, 4.69) is 16.0 Å². The number of hydrogen-bond acceptors (Lipinski definition) is 3. The fourth-order valence-corrected chi connectivity index (χ4v) is 2.84. The lowest BCUT2D eigenvalue weighted by Gasteiger charge is -2.05. The number of fused-ring (bicyclic) bond motifs is 1. The van der Waals surface area contributed by atoms with E-state index < -0.39 is 0 Å². The van der Waals surface area contributed by atoms with Gasteiger partial charge in [0.25, 0.3) is 0 Å². The maximum atomic E-state index is 4.46. The summed E-state index contributed by atoms with van der Waals surface area (Å²) in [6.45, 7) is 0. The monoisotopic (exact) mass is 202 g/mol. The van der Waals surface area contributed by atoms with Crippen LogP contribution in [-0.2, 0) is 6.42 Å². The average Bonchev–Trinajstić information content (AvgIpc) is 2.85. The molecule has 0 aliphatic heterocycles. The maximum absolute atomic E-state index is 4.46. The number of hydrogen-bond donors (Lipinski definition) is 0. The van der Waals surface area contributed by atoms with Gasteiger partial charge in [-0.2, -0.15) is 0 Å². The topological polar surface area (TPSA) is 25.8 Å². The van der Waals surface area contributed by atoms with E-state index in [9.17, 15) is 0 Å². The summed E-state index contributed by atoms with van der Waals surface area (Å²) in [7, 11) is 0. The standard InChI is InChI=1S/C11H10N2S/c1-2-8-3-4-9(10(8)12-5-1)11-13-6-7-14-11/h1-2,5-7,9H,3-4H2. The molecular formula is C11H10N2S. The Labute approximate surface area is 86.7 Å². The molecule has 0 bridgehead atoms. The normalized spacial score (nSPS) is 19.6. The first kappa shape index (κ1) is 8.12. The van der Waals surface area contributed by atoms with Gasteiger partial charge in [-0.25, -0.2) is 4.98 Å². The Morgan fingerprint density at radius 1 is 1.29 bits per heavy atom. The van der Waals surface area contributed by atoms with Crippen LogP contribution in [0.2, 0.25) is 0 Å². The van der Waals surface area contributed by atoms with Crippen molar-refractivity contribution in [1.29, 1.82) is 0 Å². The number of aromatic nitrogens is 2. The van der Waals surface area contributed by atoms with Crippen molar-refractivity contribution in [3.63, 3.8) is 0 Å². The molecule has 1 unspecified atom stereocenters. The van der Waals surface area contributed by atoms with Crippen LogP contribution in [0.15, 0.2) is 29.9 Å². The van der Waals surface area contributed by atoms with E-state index in [1.54, 1.807) is 11.3 Å². The van der Waals surface area contributed by atoms with Gasteiger partial charge in [0.2, 0.25) is 0 Å². The molecule has 1 aliphatic rings. The van der Waals surface area contributed by atoms with Gasteiger partial charge >= 0.3 is 0 Å². The number of aryl methyl sites for hydroxylation is 1. The van der Waals surface area contributed by atoms with Gasteiger partial charge in [-0.3, -0.25) is 4.98 Å². The zero-order valence-corrected chi connectivity index (χ0v) is 8.50. The molecule has 0 spiro atoms. The summed E-state index contributed by atoms with van der Waals surface area (Å²) in [5.41, 5.74) is 2.63. The van der Waals surface area contributed by atoms with Crippen molar-refractivity contribution in [3.8, 4) is 0 Å². The van der Waals surface area contributed by atoms with Crippen molar-refractivity contribution >= 4 is 11.3 Å². The largest absolute Gasteiger partial charge is 0.260 e. The van der Waals surface area contributed by atoms with Gasteiger partial charge in [0.05, 0.1) is 11.6 Å². The minimum absolute atomic E-state index is 0.450. The van der Waals surface area contributed by atoms with Crippen LogP contribution < -0.4 is 0 Å². The summed E-state index contributed by atoms with van der Waals surface area (Å²) in [5.74, 6) is 0.450. The number of rotatable bonds is 1. The molecule has 0 aromatic carbocycles. The third-order valence-corrected chi connectivity index (χ3v) is 3.60. The first-order chi connectivity index (χ1) is 6.95. The second kappa shape index (κ2) is 3.17. The third kappa shape index (κ3) is 1.16. The van der Waals surface area contributed by atoms with Gasteiger partial charge in [0.15, 0.2) is 0 Å². The van der Waals surface area contributed by atoms with Crippen LogP contribution in [0.4, 0.5) is 0 Å². The molecule has 14 heavy (non-hydrogen) atoms. The highest BCUT2D eigenvalue weighted by Crippen LogP contribution is 2.36. The summed E-state index contributed by atoms with van der Waals surface area (Å²) >= 11 is 1.73. The molecule has 2 aromatic rings. The second-order valence-corrected chi connectivity index (χ2v) is 4.44. The third-order valence-electron chi connectivity index (χ3n) is 2.71. The molecular weight excluding hydrogens is 192 g/mol. The minimum atomic E-state index is 0.450. The molecule has 0 N–H and O–H groups in total. The van der Waals surface area contributed by atoms with Gasteiger partial charge in [-0.1, -0.05) is 6.07 Å². The van der Waals surface area contributed by atoms with Crippen molar-refractivity contribution < 1.29 is 0 Å². The fraction of sp³-hybridized carbons (Fsp3) is 0.273. The summed E-state index contributed by atoms with van der Waals surface area (Å²) in [4.78, 5) is 8.84. The SMILES string of the molecule is c1cnc2c(c1)CCC2c1nccs1. The lowest BCUT2D eigenvalue weighted by Crippen LogP contribution is -1.97. The van der Waals surface area contributed by atoms with Gasteiger partial charge in [-0.05, 0) is 24.5 Å². The molecule has 0 radical (unpaired) electrons. The first-order valence-corrected chi connectivity index (χ1v) is 5.66. The van der Waals surface area contributed by atoms with E-state index in [4.69, 9.17) is 0 Å². The smallest absolute Gasteiger partial charge is 0.102 e. The highest BCUT2D eigenvalue weighted by molar-refractivity contribution is 7.09. The van der Waals surface area contributed by atoms with Crippen LogP contribution in [0.1, 0.15) is 28.6 Å².